The highest BCUT2D eigenvalue weighted by Crippen LogP contribution is 2.68. The third-order valence-corrected chi connectivity index (χ3v) is 8.06. The molecule has 0 aliphatic heterocycles. The van der Waals surface area contributed by atoms with Crippen LogP contribution in [0.15, 0.2) is 11.6 Å². The quantitative estimate of drug-likeness (QED) is 0.646. The van der Waals surface area contributed by atoms with Crippen LogP contribution >= 0.6 is 0 Å². The Hall–Kier alpha value is -0.550. The molecule has 0 spiro atoms. The number of fused-ring (bicyclic) bond motifs is 5. The van der Waals surface area contributed by atoms with Gasteiger partial charge in [0, 0.05) is 0 Å². The van der Waals surface area contributed by atoms with Crippen LogP contribution in [0, 0.1) is 28.6 Å². The Kier molecular flexibility index (Phi) is 3.68. The number of aliphatic hydroxyl groups excluding tert-OH is 2. The van der Waals surface area contributed by atoms with E-state index in [2.05, 4.69) is 6.92 Å². The van der Waals surface area contributed by atoms with Crippen LogP contribution in [0.1, 0.15) is 58.3 Å². The van der Waals surface area contributed by atoms with Gasteiger partial charge in [-0.25, -0.2) is 0 Å². The third kappa shape index (κ3) is 2.03. The molecule has 0 aromatic heterocycles. The number of halogens is 3. The van der Waals surface area contributed by atoms with E-state index in [1.165, 1.54) is 0 Å². The molecule has 24 heavy (non-hydrogen) atoms. The standard InChI is InChI=1S/C19H27F3O2/c1-17-8-7-15-13(14(17)4-5-16(17)24)3-2-11-10-12(23)6-9-18(11,15)19(20,21)22/h2,12-16,23-24H,3-10H2,1H3/t12-,13-,14-,15-,16-,17-,18+/m0/s1. The van der Waals surface area contributed by atoms with Crippen molar-refractivity contribution in [3.63, 3.8) is 0 Å². The summed E-state index contributed by atoms with van der Waals surface area (Å²) in [5.41, 5.74) is -1.51. The van der Waals surface area contributed by atoms with Crippen LogP contribution in [-0.2, 0) is 0 Å². The van der Waals surface area contributed by atoms with Gasteiger partial charge < -0.3 is 10.2 Å². The first-order valence-electron chi connectivity index (χ1n) is 9.32. The first-order valence-corrected chi connectivity index (χ1v) is 9.32. The van der Waals surface area contributed by atoms with Gasteiger partial charge in [0.1, 0.15) is 0 Å². The number of allylic oxidation sites excluding steroid dienone is 1. The minimum atomic E-state index is -4.26. The first-order chi connectivity index (χ1) is 11.2. The average molecular weight is 344 g/mol. The van der Waals surface area contributed by atoms with Crippen molar-refractivity contribution in [2.45, 2.75) is 76.7 Å². The van der Waals surface area contributed by atoms with Crippen LogP contribution in [0.2, 0.25) is 0 Å². The van der Waals surface area contributed by atoms with E-state index < -0.39 is 17.7 Å². The zero-order valence-corrected chi connectivity index (χ0v) is 14.1. The monoisotopic (exact) mass is 344 g/mol. The van der Waals surface area contributed by atoms with Crippen molar-refractivity contribution in [2.24, 2.45) is 28.6 Å². The largest absolute Gasteiger partial charge is 0.398 e. The van der Waals surface area contributed by atoms with Gasteiger partial charge in [0.25, 0.3) is 0 Å². The smallest absolute Gasteiger partial charge is 0.393 e. The molecule has 3 saturated carbocycles. The molecule has 136 valence electrons. The molecule has 0 aromatic carbocycles. The second kappa shape index (κ2) is 5.23. The second-order valence-corrected chi connectivity index (χ2v) is 8.85. The van der Waals surface area contributed by atoms with Gasteiger partial charge in [0.05, 0.1) is 17.6 Å². The van der Waals surface area contributed by atoms with Crippen molar-refractivity contribution < 1.29 is 23.4 Å². The molecule has 0 aromatic rings. The van der Waals surface area contributed by atoms with Gasteiger partial charge in [0.15, 0.2) is 0 Å². The van der Waals surface area contributed by atoms with Crippen LogP contribution < -0.4 is 0 Å². The molecule has 3 fully saturated rings. The number of aliphatic hydroxyl groups is 2. The van der Waals surface area contributed by atoms with Crippen LogP contribution in [0.25, 0.3) is 0 Å². The summed E-state index contributed by atoms with van der Waals surface area (Å²) < 4.78 is 42.9. The Bertz CT molecular complexity index is 557. The molecule has 4 aliphatic carbocycles. The molecule has 4 rings (SSSR count). The molecule has 2 nitrogen and oxygen atoms in total. The Morgan fingerprint density at radius 2 is 1.79 bits per heavy atom. The number of alkyl halides is 3. The van der Waals surface area contributed by atoms with Crippen LogP contribution in [-0.4, -0.2) is 28.6 Å². The summed E-state index contributed by atoms with van der Waals surface area (Å²) in [6.07, 6.45) is 0.452. The molecular formula is C19H27F3O2. The van der Waals surface area contributed by atoms with E-state index in [1.54, 1.807) is 6.08 Å². The fourth-order valence-electron chi connectivity index (χ4n) is 6.79. The zero-order valence-electron chi connectivity index (χ0n) is 14.1. The molecule has 5 heteroatoms. The topological polar surface area (TPSA) is 40.5 Å². The highest BCUT2D eigenvalue weighted by atomic mass is 19.4. The molecule has 2 N–H and O–H groups in total. The van der Waals surface area contributed by atoms with E-state index in [0.29, 0.717) is 24.8 Å². The van der Waals surface area contributed by atoms with Crippen molar-refractivity contribution in [1.29, 1.82) is 0 Å². The Morgan fingerprint density at radius 1 is 1.04 bits per heavy atom. The predicted molar refractivity (Wildman–Crippen MR) is 84.1 cm³/mol. The summed E-state index contributed by atoms with van der Waals surface area (Å²) in [5.74, 6) is -0.176. The fraction of sp³-hybridized carbons (Fsp3) is 0.895. The van der Waals surface area contributed by atoms with E-state index in [4.69, 9.17) is 0 Å². The third-order valence-electron chi connectivity index (χ3n) is 8.06. The Balaban J connectivity index is 1.77. The number of hydrogen-bond donors (Lipinski definition) is 2. The maximum atomic E-state index is 14.3. The first kappa shape index (κ1) is 16.9. The lowest BCUT2D eigenvalue weighted by Gasteiger charge is -2.58. The normalized spacial score (nSPS) is 51.4. The SMILES string of the molecule is C[C@]12CC[C@H]3[C@@H](CC=C4C[C@@H](O)CC[C@@]43C(F)(F)F)[C@@H]1CC[C@@H]2O. The molecular weight excluding hydrogens is 317 g/mol. The van der Waals surface area contributed by atoms with E-state index >= 15 is 0 Å². The Morgan fingerprint density at radius 3 is 2.50 bits per heavy atom. The van der Waals surface area contributed by atoms with E-state index in [0.717, 1.165) is 12.8 Å². The van der Waals surface area contributed by atoms with Gasteiger partial charge in [-0.1, -0.05) is 18.6 Å². The van der Waals surface area contributed by atoms with E-state index in [1.807, 2.05) is 0 Å². The summed E-state index contributed by atoms with van der Waals surface area (Å²) in [7, 11) is 0. The molecule has 0 amide bonds. The zero-order chi connectivity index (χ0) is 17.3. The summed E-state index contributed by atoms with van der Waals surface area (Å²) in [6, 6.07) is 0. The molecule has 4 aliphatic rings. The molecule has 7 atom stereocenters. The van der Waals surface area contributed by atoms with Gasteiger partial charge in [-0.15, -0.1) is 0 Å². The lowest BCUT2D eigenvalue weighted by molar-refractivity contribution is -0.257. The number of rotatable bonds is 0. The van der Waals surface area contributed by atoms with Gasteiger partial charge in [-0.3, -0.25) is 0 Å². The van der Waals surface area contributed by atoms with Crippen molar-refractivity contribution in [2.75, 3.05) is 0 Å². The lowest BCUT2D eigenvalue weighted by atomic mass is 9.47. The summed E-state index contributed by atoms with van der Waals surface area (Å²) >= 11 is 0. The molecule has 0 saturated heterocycles. The van der Waals surface area contributed by atoms with E-state index in [-0.39, 0.29) is 48.5 Å². The molecule has 0 bridgehead atoms. The lowest BCUT2D eigenvalue weighted by Crippen LogP contribution is -2.57. The summed E-state index contributed by atoms with van der Waals surface area (Å²) in [6.45, 7) is 2.08. The highest BCUT2D eigenvalue weighted by Gasteiger charge is 2.68. The molecule has 0 heterocycles. The van der Waals surface area contributed by atoms with Crippen molar-refractivity contribution in [3.8, 4) is 0 Å². The second-order valence-electron chi connectivity index (χ2n) is 8.85. The van der Waals surface area contributed by atoms with Crippen molar-refractivity contribution in [1.82, 2.24) is 0 Å². The van der Waals surface area contributed by atoms with Gasteiger partial charge >= 0.3 is 6.18 Å². The number of hydrogen-bond acceptors (Lipinski definition) is 2. The van der Waals surface area contributed by atoms with Crippen molar-refractivity contribution in [3.05, 3.63) is 11.6 Å². The fourth-order valence-corrected chi connectivity index (χ4v) is 6.79. The van der Waals surface area contributed by atoms with Crippen molar-refractivity contribution >= 4 is 0 Å². The Labute approximate surface area is 141 Å². The predicted octanol–water partition coefficient (Wildman–Crippen LogP) is 4.21. The maximum Gasteiger partial charge on any atom is 0.398 e. The minimum absolute atomic E-state index is 0.0153. The minimum Gasteiger partial charge on any atom is -0.393 e. The molecule has 0 unspecified atom stereocenters. The summed E-state index contributed by atoms with van der Waals surface area (Å²) in [4.78, 5) is 0. The maximum absolute atomic E-state index is 14.3. The molecule has 0 radical (unpaired) electrons. The van der Waals surface area contributed by atoms with Gasteiger partial charge in [0.2, 0.25) is 0 Å². The van der Waals surface area contributed by atoms with Crippen LogP contribution in [0.4, 0.5) is 13.2 Å². The van der Waals surface area contributed by atoms with Crippen LogP contribution in [0.3, 0.4) is 0 Å². The van der Waals surface area contributed by atoms with Gasteiger partial charge in [-0.05, 0) is 74.5 Å². The highest BCUT2D eigenvalue weighted by molar-refractivity contribution is 5.28. The van der Waals surface area contributed by atoms with Crippen LogP contribution in [0.5, 0.6) is 0 Å². The average Bonchev–Trinajstić information content (AvgIpc) is 2.81. The summed E-state index contributed by atoms with van der Waals surface area (Å²) in [5, 5.41) is 20.3. The van der Waals surface area contributed by atoms with E-state index in [9.17, 15) is 23.4 Å². The van der Waals surface area contributed by atoms with Gasteiger partial charge in [-0.2, -0.15) is 13.2 Å².